The molecule has 0 aliphatic rings. The fourth-order valence-electron chi connectivity index (χ4n) is 3.22. The van der Waals surface area contributed by atoms with Crippen molar-refractivity contribution < 1.29 is 13.7 Å². The maximum Gasteiger partial charge on any atom is 0.227 e. The summed E-state index contributed by atoms with van der Waals surface area (Å²) in [7, 11) is 0. The van der Waals surface area contributed by atoms with E-state index >= 15 is 0 Å². The summed E-state index contributed by atoms with van der Waals surface area (Å²) in [6, 6.07) is 17.1. The Labute approximate surface area is 165 Å². The zero-order valence-corrected chi connectivity index (χ0v) is 15.3. The fourth-order valence-corrected chi connectivity index (χ4v) is 3.22. The molecule has 0 aliphatic carbocycles. The van der Waals surface area contributed by atoms with Gasteiger partial charge >= 0.3 is 0 Å². The normalized spacial score (nSPS) is 11.2. The monoisotopic (exact) mass is 384 g/mol. The van der Waals surface area contributed by atoms with E-state index < -0.39 is 0 Å². The molecular formula is C22H16N4O3. The minimum atomic E-state index is -0.124. The molecule has 5 aromatic rings. The van der Waals surface area contributed by atoms with Gasteiger partial charge in [-0.2, -0.15) is 4.98 Å². The molecule has 0 fully saturated rings. The largest absolute Gasteiger partial charge is 0.456 e. The Balaban J connectivity index is 1.26. The number of para-hydroxylation sites is 1. The summed E-state index contributed by atoms with van der Waals surface area (Å²) in [5.74, 6) is 0.782. The number of rotatable bonds is 5. The first-order valence-corrected chi connectivity index (χ1v) is 9.20. The van der Waals surface area contributed by atoms with Gasteiger partial charge in [0.2, 0.25) is 17.6 Å². The van der Waals surface area contributed by atoms with Crippen LogP contribution in [0.5, 0.6) is 0 Å². The topological polar surface area (TPSA) is 94.0 Å². The van der Waals surface area contributed by atoms with Crippen LogP contribution < -0.4 is 5.32 Å². The molecule has 0 spiro atoms. The third-order valence-corrected chi connectivity index (χ3v) is 4.63. The molecule has 7 nitrogen and oxygen atoms in total. The van der Waals surface area contributed by atoms with Crippen LogP contribution in [0.1, 0.15) is 12.3 Å². The molecule has 0 saturated heterocycles. The van der Waals surface area contributed by atoms with Crippen LogP contribution in [-0.4, -0.2) is 21.0 Å². The second-order valence-corrected chi connectivity index (χ2v) is 6.60. The van der Waals surface area contributed by atoms with Gasteiger partial charge in [0.25, 0.3) is 0 Å². The van der Waals surface area contributed by atoms with Crippen molar-refractivity contribution in [1.82, 2.24) is 15.1 Å². The second-order valence-electron chi connectivity index (χ2n) is 6.60. The van der Waals surface area contributed by atoms with Crippen LogP contribution in [0.25, 0.3) is 33.3 Å². The number of hydrogen-bond acceptors (Lipinski definition) is 6. The molecule has 0 radical (unpaired) electrons. The SMILES string of the molecule is O=C(CCc1nc(-c2ccncc2)no1)Nc1ccc2oc3ccccc3c2c1. The Morgan fingerprint density at radius 2 is 1.79 bits per heavy atom. The highest BCUT2D eigenvalue weighted by Gasteiger charge is 2.12. The first-order chi connectivity index (χ1) is 14.3. The van der Waals surface area contributed by atoms with E-state index in [4.69, 9.17) is 8.94 Å². The van der Waals surface area contributed by atoms with Gasteiger partial charge in [0.1, 0.15) is 11.2 Å². The zero-order valence-electron chi connectivity index (χ0n) is 15.3. The van der Waals surface area contributed by atoms with Gasteiger partial charge in [0.15, 0.2) is 0 Å². The summed E-state index contributed by atoms with van der Waals surface area (Å²) in [6.45, 7) is 0. The van der Waals surface area contributed by atoms with E-state index in [0.29, 0.717) is 18.1 Å². The van der Waals surface area contributed by atoms with Crippen molar-refractivity contribution in [1.29, 1.82) is 0 Å². The van der Waals surface area contributed by atoms with Crippen molar-refractivity contribution in [2.45, 2.75) is 12.8 Å². The van der Waals surface area contributed by atoms with Crippen LogP contribution in [0, 0.1) is 0 Å². The number of nitrogens with one attached hydrogen (secondary N) is 1. The lowest BCUT2D eigenvalue weighted by molar-refractivity contribution is -0.116. The number of fused-ring (bicyclic) bond motifs is 3. The molecule has 29 heavy (non-hydrogen) atoms. The van der Waals surface area contributed by atoms with Crippen molar-refractivity contribution in [2.24, 2.45) is 0 Å². The number of benzene rings is 2. The molecule has 0 aliphatic heterocycles. The highest BCUT2D eigenvalue weighted by molar-refractivity contribution is 6.06. The van der Waals surface area contributed by atoms with Gasteiger partial charge in [-0.15, -0.1) is 0 Å². The van der Waals surface area contributed by atoms with Crippen LogP contribution >= 0.6 is 0 Å². The minimum absolute atomic E-state index is 0.124. The molecule has 0 saturated carbocycles. The highest BCUT2D eigenvalue weighted by Crippen LogP contribution is 2.30. The van der Waals surface area contributed by atoms with Crippen LogP contribution in [0.15, 0.2) is 75.9 Å². The van der Waals surface area contributed by atoms with E-state index in [1.165, 1.54) is 0 Å². The molecule has 1 N–H and O–H groups in total. The summed E-state index contributed by atoms with van der Waals surface area (Å²) in [4.78, 5) is 20.7. The third-order valence-electron chi connectivity index (χ3n) is 4.63. The molecule has 0 bridgehead atoms. The quantitative estimate of drug-likeness (QED) is 0.476. The van der Waals surface area contributed by atoms with Gasteiger partial charge in [-0.25, -0.2) is 0 Å². The summed E-state index contributed by atoms with van der Waals surface area (Å²) in [6.07, 6.45) is 3.93. The molecule has 5 rings (SSSR count). The molecular weight excluding hydrogens is 368 g/mol. The predicted molar refractivity (Wildman–Crippen MR) is 108 cm³/mol. The summed E-state index contributed by atoms with van der Waals surface area (Å²) < 4.78 is 11.1. The first kappa shape index (κ1) is 17.1. The number of pyridine rings is 1. The first-order valence-electron chi connectivity index (χ1n) is 9.20. The average Bonchev–Trinajstić information content (AvgIpc) is 3.37. The van der Waals surface area contributed by atoms with Crippen LogP contribution in [0.4, 0.5) is 5.69 Å². The number of amides is 1. The maximum atomic E-state index is 12.4. The van der Waals surface area contributed by atoms with Crippen LogP contribution in [0.2, 0.25) is 0 Å². The second kappa shape index (κ2) is 7.20. The van der Waals surface area contributed by atoms with Gasteiger partial charge in [-0.3, -0.25) is 9.78 Å². The van der Waals surface area contributed by atoms with E-state index in [9.17, 15) is 4.79 Å². The molecule has 3 aromatic heterocycles. The minimum Gasteiger partial charge on any atom is -0.456 e. The number of hydrogen-bond donors (Lipinski definition) is 1. The number of aromatic nitrogens is 3. The number of aryl methyl sites for hydroxylation is 1. The number of furan rings is 1. The zero-order chi connectivity index (χ0) is 19.6. The van der Waals surface area contributed by atoms with Gasteiger partial charge in [0, 0.05) is 47.3 Å². The van der Waals surface area contributed by atoms with Gasteiger partial charge in [0.05, 0.1) is 0 Å². The lowest BCUT2D eigenvalue weighted by Gasteiger charge is -2.04. The Morgan fingerprint density at radius 3 is 2.69 bits per heavy atom. The van der Waals surface area contributed by atoms with Crippen molar-refractivity contribution in [3.63, 3.8) is 0 Å². The Hall–Kier alpha value is -4.00. The Kier molecular flexibility index (Phi) is 4.25. The van der Waals surface area contributed by atoms with E-state index in [1.807, 2.05) is 42.5 Å². The molecule has 0 atom stereocenters. The maximum absolute atomic E-state index is 12.4. The molecule has 3 heterocycles. The Bertz CT molecular complexity index is 1310. The van der Waals surface area contributed by atoms with E-state index in [0.717, 1.165) is 33.2 Å². The third kappa shape index (κ3) is 3.45. The highest BCUT2D eigenvalue weighted by atomic mass is 16.5. The number of carbonyl (C=O) groups excluding carboxylic acids is 1. The van der Waals surface area contributed by atoms with Gasteiger partial charge in [-0.1, -0.05) is 23.4 Å². The summed E-state index contributed by atoms with van der Waals surface area (Å²) >= 11 is 0. The van der Waals surface area contributed by atoms with Crippen molar-refractivity contribution in [2.75, 3.05) is 5.32 Å². The summed E-state index contributed by atoms with van der Waals surface area (Å²) in [5, 5.41) is 8.86. The smallest absolute Gasteiger partial charge is 0.227 e. The lowest BCUT2D eigenvalue weighted by atomic mass is 10.1. The van der Waals surface area contributed by atoms with Crippen molar-refractivity contribution >= 4 is 33.5 Å². The van der Waals surface area contributed by atoms with E-state index in [2.05, 4.69) is 20.4 Å². The number of anilines is 1. The fraction of sp³-hybridized carbons (Fsp3) is 0.0909. The molecule has 2 aromatic carbocycles. The standard InChI is InChI=1S/C22H16N4O3/c27-20(7-8-21-25-22(26-29-21)14-9-11-23-12-10-14)24-15-5-6-19-17(13-15)16-3-1-2-4-18(16)28-19/h1-6,9-13H,7-8H2,(H,24,27). The molecule has 1 amide bonds. The molecule has 7 heteroatoms. The Morgan fingerprint density at radius 1 is 0.966 bits per heavy atom. The van der Waals surface area contributed by atoms with Gasteiger partial charge in [-0.05, 0) is 36.4 Å². The number of nitrogens with zero attached hydrogens (tertiary/aromatic N) is 3. The van der Waals surface area contributed by atoms with E-state index in [-0.39, 0.29) is 12.3 Å². The summed E-state index contributed by atoms with van der Waals surface area (Å²) in [5.41, 5.74) is 3.16. The van der Waals surface area contributed by atoms with Crippen LogP contribution in [-0.2, 0) is 11.2 Å². The predicted octanol–water partition coefficient (Wildman–Crippen LogP) is 4.60. The lowest BCUT2D eigenvalue weighted by Crippen LogP contribution is -2.12. The average molecular weight is 384 g/mol. The number of carbonyl (C=O) groups is 1. The molecule has 0 unspecified atom stereocenters. The molecule has 142 valence electrons. The van der Waals surface area contributed by atoms with Gasteiger partial charge < -0.3 is 14.3 Å². The van der Waals surface area contributed by atoms with Crippen molar-refractivity contribution in [3.8, 4) is 11.4 Å². The van der Waals surface area contributed by atoms with Crippen molar-refractivity contribution in [3.05, 3.63) is 72.9 Å². The van der Waals surface area contributed by atoms with Crippen LogP contribution in [0.3, 0.4) is 0 Å². The van der Waals surface area contributed by atoms with E-state index in [1.54, 1.807) is 24.5 Å².